The van der Waals surface area contributed by atoms with Gasteiger partial charge in [-0.15, -0.1) is 0 Å². The quantitative estimate of drug-likeness (QED) is 0.661. The number of anilines is 1. The van der Waals surface area contributed by atoms with Gasteiger partial charge in [-0.1, -0.05) is 22.0 Å². The van der Waals surface area contributed by atoms with Crippen LogP contribution in [0.15, 0.2) is 28.9 Å². The average Bonchev–Trinajstić information content (AvgIpc) is 2.97. The number of fused-ring (bicyclic) bond motifs is 1. The van der Waals surface area contributed by atoms with Gasteiger partial charge >= 0.3 is 0 Å². The molecule has 6 heteroatoms. The highest BCUT2D eigenvalue weighted by atomic mass is 79.9. The van der Waals surface area contributed by atoms with Crippen molar-refractivity contribution in [1.29, 1.82) is 0 Å². The number of hydrogen-bond donors (Lipinski definition) is 2. The Morgan fingerprint density at radius 3 is 2.43 bits per heavy atom. The number of nitrogens with one attached hydrogen (secondary N) is 1. The van der Waals surface area contributed by atoms with Crippen molar-refractivity contribution in [3.63, 3.8) is 0 Å². The molecule has 0 spiro atoms. The molecule has 1 amide bonds. The number of ether oxygens (including phenoxy) is 1. The van der Waals surface area contributed by atoms with Crippen molar-refractivity contribution in [3.8, 4) is 0 Å². The smallest absolute Gasteiger partial charge is 0.224 e. The number of hydrogen-bond acceptors (Lipinski definition) is 3. The van der Waals surface area contributed by atoms with Gasteiger partial charge in [0.25, 0.3) is 0 Å². The van der Waals surface area contributed by atoms with Crippen LogP contribution in [0.1, 0.15) is 44.9 Å². The summed E-state index contributed by atoms with van der Waals surface area (Å²) in [5.74, 6) is 2.69. The zero-order chi connectivity index (χ0) is 20.5. The molecule has 2 heterocycles. The van der Waals surface area contributed by atoms with Gasteiger partial charge in [0.2, 0.25) is 5.91 Å². The Labute approximate surface area is 185 Å². The Balaban J connectivity index is 1.25. The molecule has 4 bridgehead atoms. The van der Waals surface area contributed by atoms with Gasteiger partial charge < -0.3 is 19.7 Å². The lowest BCUT2D eigenvalue weighted by atomic mass is 9.49. The summed E-state index contributed by atoms with van der Waals surface area (Å²) in [4.78, 5) is 13.2. The second-order valence-corrected chi connectivity index (χ2v) is 11.5. The molecule has 30 heavy (non-hydrogen) atoms. The van der Waals surface area contributed by atoms with E-state index in [0.717, 1.165) is 38.8 Å². The second-order valence-electron chi connectivity index (χ2n) is 10.7. The van der Waals surface area contributed by atoms with Gasteiger partial charge in [0.15, 0.2) is 0 Å². The Hall–Kier alpha value is -1.37. The van der Waals surface area contributed by atoms with Crippen molar-refractivity contribution in [2.45, 2.75) is 57.1 Å². The first-order valence-corrected chi connectivity index (χ1v) is 12.1. The second kappa shape index (κ2) is 6.81. The lowest BCUT2D eigenvalue weighted by Gasteiger charge is -2.56. The maximum absolute atomic E-state index is 13.2. The van der Waals surface area contributed by atoms with Gasteiger partial charge in [0, 0.05) is 22.5 Å². The summed E-state index contributed by atoms with van der Waals surface area (Å²) >= 11 is 3.66. The van der Waals surface area contributed by atoms with Crippen LogP contribution < -0.4 is 5.32 Å². The van der Waals surface area contributed by atoms with Gasteiger partial charge in [-0.3, -0.25) is 4.79 Å². The number of rotatable bonds is 5. The fourth-order valence-electron chi connectivity index (χ4n) is 7.32. The number of halogens is 1. The third-order valence-corrected chi connectivity index (χ3v) is 8.70. The van der Waals surface area contributed by atoms with E-state index in [1.165, 1.54) is 38.5 Å². The summed E-state index contributed by atoms with van der Waals surface area (Å²) in [5, 5.41) is 14.8. The third-order valence-electron chi connectivity index (χ3n) is 8.04. The maximum atomic E-state index is 13.2. The molecule has 5 nitrogen and oxygen atoms in total. The third kappa shape index (κ3) is 3.23. The number of aromatic nitrogens is 1. The van der Waals surface area contributed by atoms with E-state index in [2.05, 4.69) is 21.2 Å². The van der Waals surface area contributed by atoms with Crippen molar-refractivity contribution in [2.75, 3.05) is 18.5 Å². The molecular weight excluding hydrogens is 444 g/mol. The van der Waals surface area contributed by atoms with Gasteiger partial charge in [0.05, 0.1) is 31.0 Å². The molecule has 1 aromatic carbocycles. The fraction of sp³-hybridized carbons (Fsp3) is 0.625. The molecule has 4 aliphatic carbocycles. The Morgan fingerprint density at radius 2 is 1.83 bits per heavy atom. The molecule has 7 rings (SSSR count). The number of aliphatic hydroxyl groups is 1. The van der Waals surface area contributed by atoms with Gasteiger partial charge in [-0.2, -0.15) is 0 Å². The summed E-state index contributed by atoms with van der Waals surface area (Å²) < 4.78 is 8.21. The number of benzene rings is 1. The first-order chi connectivity index (χ1) is 14.4. The zero-order valence-corrected chi connectivity index (χ0v) is 18.8. The topological polar surface area (TPSA) is 63.5 Å². The number of amides is 1. The molecular formula is C24H29BrN2O3. The van der Waals surface area contributed by atoms with Gasteiger partial charge in [-0.05, 0) is 73.8 Å². The largest absolute Gasteiger partial charge is 0.383 e. The Bertz CT molecular complexity index is 974. The molecule has 1 aliphatic heterocycles. The summed E-state index contributed by atoms with van der Waals surface area (Å²) in [6.07, 6.45) is 10.5. The Morgan fingerprint density at radius 1 is 1.17 bits per heavy atom. The first kappa shape index (κ1) is 19.3. The van der Waals surface area contributed by atoms with Crippen molar-refractivity contribution in [3.05, 3.63) is 28.9 Å². The van der Waals surface area contributed by atoms with E-state index in [-0.39, 0.29) is 11.3 Å². The minimum absolute atomic E-state index is 0.137. The van der Waals surface area contributed by atoms with Crippen LogP contribution in [0, 0.1) is 23.2 Å². The van der Waals surface area contributed by atoms with Crippen LogP contribution in [0.3, 0.4) is 0 Å². The van der Waals surface area contributed by atoms with Crippen LogP contribution in [0.2, 0.25) is 0 Å². The molecule has 0 radical (unpaired) electrons. The molecule has 1 aromatic heterocycles. The predicted octanol–water partition coefficient (Wildman–Crippen LogP) is 4.71. The van der Waals surface area contributed by atoms with E-state index >= 15 is 0 Å². The van der Waals surface area contributed by atoms with Crippen LogP contribution in [0.4, 0.5) is 5.69 Å². The predicted molar refractivity (Wildman–Crippen MR) is 119 cm³/mol. The summed E-state index contributed by atoms with van der Waals surface area (Å²) in [5.41, 5.74) is 1.24. The first-order valence-electron chi connectivity index (χ1n) is 11.3. The lowest BCUT2D eigenvalue weighted by molar-refractivity contribution is -0.184. The van der Waals surface area contributed by atoms with Crippen molar-refractivity contribution in [2.24, 2.45) is 23.2 Å². The summed E-state index contributed by atoms with van der Waals surface area (Å²) in [7, 11) is 0. The monoisotopic (exact) mass is 472 g/mol. The molecule has 4 saturated carbocycles. The van der Waals surface area contributed by atoms with Gasteiger partial charge in [-0.25, -0.2) is 0 Å². The highest BCUT2D eigenvalue weighted by Crippen LogP contribution is 2.61. The molecule has 2 aromatic rings. The zero-order valence-electron chi connectivity index (χ0n) is 17.2. The number of carbonyl (C=O) groups is 1. The minimum Gasteiger partial charge on any atom is -0.383 e. The number of nitrogens with zero attached hydrogens (tertiary/aromatic N) is 1. The average molecular weight is 473 g/mol. The normalized spacial score (nSPS) is 33.6. The van der Waals surface area contributed by atoms with Crippen molar-refractivity contribution in [1.82, 2.24) is 4.57 Å². The summed E-state index contributed by atoms with van der Waals surface area (Å²) in [6.45, 7) is 1.17. The molecule has 1 saturated heterocycles. The SMILES string of the molecule is O=C(CC12CC3CC(CC(C3)C1)C2)Nc1cn(CC2(O)COC2)c2cccc(Br)c12. The molecule has 0 unspecified atom stereocenters. The molecule has 160 valence electrons. The molecule has 5 aliphatic rings. The van der Waals surface area contributed by atoms with E-state index in [4.69, 9.17) is 4.74 Å². The molecule has 5 fully saturated rings. The molecule has 2 N–H and O–H groups in total. The van der Waals surface area contributed by atoms with E-state index in [9.17, 15) is 9.90 Å². The van der Waals surface area contributed by atoms with Crippen LogP contribution in [0.25, 0.3) is 10.9 Å². The summed E-state index contributed by atoms with van der Waals surface area (Å²) in [6, 6.07) is 6.03. The lowest BCUT2D eigenvalue weighted by Crippen LogP contribution is -2.52. The van der Waals surface area contributed by atoms with E-state index in [1.807, 2.05) is 29.0 Å². The van der Waals surface area contributed by atoms with Gasteiger partial charge in [0.1, 0.15) is 5.60 Å². The van der Waals surface area contributed by atoms with Crippen molar-refractivity contribution < 1.29 is 14.6 Å². The van der Waals surface area contributed by atoms with E-state index in [0.29, 0.717) is 26.2 Å². The highest BCUT2D eigenvalue weighted by Gasteiger charge is 2.51. The van der Waals surface area contributed by atoms with Crippen LogP contribution in [-0.2, 0) is 16.1 Å². The minimum atomic E-state index is -0.825. The standard InChI is InChI=1S/C24H29BrN2O3/c25-18-2-1-3-20-22(18)19(11-27(20)12-24(29)13-30-14-24)26-21(28)10-23-7-15-4-16(8-23)6-17(5-15)9-23/h1-3,11,15-17,29H,4-10,12-14H2,(H,26,28). The van der Waals surface area contributed by atoms with E-state index < -0.39 is 5.60 Å². The van der Waals surface area contributed by atoms with Crippen LogP contribution in [0.5, 0.6) is 0 Å². The maximum Gasteiger partial charge on any atom is 0.224 e. The van der Waals surface area contributed by atoms with E-state index in [1.54, 1.807) is 0 Å². The number of carbonyl (C=O) groups excluding carboxylic acids is 1. The van der Waals surface area contributed by atoms with Crippen LogP contribution >= 0.6 is 15.9 Å². The molecule has 0 atom stereocenters. The highest BCUT2D eigenvalue weighted by molar-refractivity contribution is 9.10. The Kier molecular flexibility index (Phi) is 4.39. The van der Waals surface area contributed by atoms with Crippen molar-refractivity contribution >= 4 is 38.4 Å². The fourth-order valence-corrected chi connectivity index (χ4v) is 7.89. The van der Waals surface area contributed by atoms with Crippen LogP contribution in [-0.4, -0.2) is 34.4 Å².